The molecule has 2 heterocycles. The summed E-state index contributed by atoms with van der Waals surface area (Å²) < 4.78 is 60.4. The number of phenolic OH excluding ortho intramolecular Hbond substituents is 1. The Morgan fingerprint density at radius 3 is 1.90 bits per heavy atom. The third-order valence-electron chi connectivity index (χ3n) is 8.68. The number of pyridine rings is 2. The van der Waals surface area contributed by atoms with Crippen LogP contribution in [0.4, 0.5) is 34.8 Å². The van der Waals surface area contributed by atoms with Gasteiger partial charge in [-0.3, -0.25) is 4.98 Å². The van der Waals surface area contributed by atoms with Crippen molar-refractivity contribution in [2.24, 2.45) is 0 Å². The fraction of sp³-hybridized carbons (Fsp3) is 0.190. The van der Waals surface area contributed by atoms with Crippen molar-refractivity contribution in [1.29, 1.82) is 0 Å². The summed E-state index contributed by atoms with van der Waals surface area (Å²) >= 11 is 0. The van der Waals surface area contributed by atoms with Crippen LogP contribution in [0.3, 0.4) is 0 Å². The third-order valence-corrected chi connectivity index (χ3v) is 9.18. The van der Waals surface area contributed by atoms with Gasteiger partial charge in [-0.1, -0.05) is 93.2 Å². The van der Waals surface area contributed by atoms with Crippen molar-refractivity contribution in [3.8, 4) is 39.4 Å². The van der Waals surface area contributed by atoms with Gasteiger partial charge < -0.3 is 10.0 Å². The number of nitrogens with zero attached hydrogens (tertiary/aromatic N) is 3. The quantitative estimate of drug-likeness (QED) is 0.0595. The van der Waals surface area contributed by atoms with Gasteiger partial charge in [0.2, 0.25) is 0 Å². The Morgan fingerprint density at radius 1 is 0.673 bits per heavy atom. The molecule has 2 aromatic heterocycles. The minimum Gasteiger partial charge on any atom is -0.507 e. The predicted octanol–water partition coefficient (Wildman–Crippen LogP) is 11.1. The molecule has 4 aromatic carbocycles. The molecule has 270 valence electrons. The van der Waals surface area contributed by atoms with E-state index in [0.717, 1.165) is 27.2 Å². The molecule has 0 aliphatic carbocycles. The van der Waals surface area contributed by atoms with Crippen molar-refractivity contribution < 1.29 is 43.7 Å². The number of aromatic nitrogens is 2. The van der Waals surface area contributed by atoms with Crippen LogP contribution in [-0.2, 0) is 31.9 Å². The Kier molecular flexibility index (Phi) is 11.1. The Bertz CT molecular complexity index is 2210. The Balaban J connectivity index is 0.00000523. The molecule has 0 fully saturated rings. The minimum atomic E-state index is -1.82. The summed E-state index contributed by atoms with van der Waals surface area (Å²) in [5, 5.41) is 10.1. The van der Waals surface area contributed by atoms with E-state index in [9.17, 15) is 13.9 Å². The maximum Gasteiger partial charge on any atom is 0.197 e. The maximum absolute atomic E-state index is 15.7. The number of halogens is 4. The summed E-state index contributed by atoms with van der Waals surface area (Å²) in [6.07, 6.45) is 1.42. The first-order chi connectivity index (χ1) is 24.0. The van der Waals surface area contributed by atoms with Gasteiger partial charge in [0, 0.05) is 38.1 Å². The number of para-hydroxylation sites is 1. The van der Waals surface area contributed by atoms with Gasteiger partial charge in [0.1, 0.15) is 17.3 Å². The van der Waals surface area contributed by atoms with Crippen molar-refractivity contribution in [3.63, 3.8) is 0 Å². The molecule has 0 saturated carbocycles. The van der Waals surface area contributed by atoms with Gasteiger partial charge in [0.15, 0.2) is 23.3 Å². The van der Waals surface area contributed by atoms with E-state index in [1.165, 1.54) is 18.3 Å². The van der Waals surface area contributed by atoms with Gasteiger partial charge in [-0.15, -0.1) is 29.8 Å². The molecule has 0 bridgehead atoms. The van der Waals surface area contributed by atoms with E-state index in [2.05, 4.69) is 70.8 Å². The monoisotopic (exact) mass is 901 g/mol. The number of anilines is 3. The number of aromatic hydroxyl groups is 1. The van der Waals surface area contributed by atoms with Crippen LogP contribution in [0.1, 0.15) is 52.7 Å². The van der Waals surface area contributed by atoms with E-state index in [-0.39, 0.29) is 49.2 Å². The molecule has 1 unspecified atom stereocenters. The molecule has 0 amide bonds. The van der Waals surface area contributed by atoms with Gasteiger partial charge >= 0.3 is 0 Å². The van der Waals surface area contributed by atoms with Crippen LogP contribution >= 0.6 is 9.24 Å². The van der Waals surface area contributed by atoms with Gasteiger partial charge in [0.05, 0.1) is 5.69 Å². The summed E-state index contributed by atoms with van der Waals surface area (Å²) in [5.41, 5.74) is 4.89. The van der Waals surface area contributed by atoms with Crippen LogP contribution in [0.25, 0.3) is 33.6 Å². The molecule has 10 heteroatoms. The molecule has 0 radical (unpaired) electrons. The van der Waals surface area contributed by atoms with Crippen molar-refractivity contribution >= 4 is 31.7 Å². The number of rotatable bonds is 6. The van der Waals surface area contributed by atoms with E-state index in [1.54, 1.807) is 51.7 Å². The van der Waals surface area contributed by atoms with Crippen LogP contribution in [0.15, 0.2) is 97.2 Å². The smallest absolute Gasteiger partial charge is 0.197 e. The van der Waals surface area contributed by atoms with E-state index in [0.29, 0.717) is 22.5 Å². The number of hydrogen-bond acceptors (Lipinski definition) is 4. The average Bonchev–Trinajstić information content (AvgIpc) is 3.11. The van der Waals surface area contributed by atoms with Gasteiger partial charge in [-0.05, 0) is 74.8 Å². The average molecular weight is 902 g/mol. The first kappa shape index (κ1) is 38.8. The Hall–Kier alpha value is -4.38. The summed E-state index contributed by atoms with van der Waals surface area (Å²) in [4.78, 5) is 10.3. The van der Waals surface area contributed by atoms with Crippen molar-refractivity contribution in [3.05, 3.63) is 138 Å². The molecular formula is C42H37F4N3OPPt-. The standard InChI is InChI=1S/C42H37F4N3OP.Pt/c1-41(2,3)27-18-25(19-28(23-27)42(4,5)6)26-21-31(48-32(22-26)30-14-7-8-15-33(30)50)24-12-11-13-29(20-24)49(34-16-9-10-17-47-34)39-36(44)35(43)37(45)40(51)38(39)46;/h7-19,21-23,50H,51H2,1-6H3;/q-1;. The summed E-state index contributed by atoms with van der Waals surface area (Å²) in [6, 6.07) is 30.1. The molecule has 6 rings (SSSR count). The Labute approximate surface area is 318 Å². The zero-order valence-corrected chi connectivity index (χ0v) is 32.9. The second-order valence-corrected chi connectivity index (χ2v) is 15.0. The molecule has 1 atom stereocenters. The second-order valence-electron chi connectivity index (χ2n) is 14.4. The van der Waals surface area contributed by atoms with Crippen LogP contribution < -0.4 is 10.2 Å². The number of benzene rings is 4. The molecule has 0 aliphatic rings. The normalized spacial score (nSPS) is 11.7. The largest absolute Gasteiger partial charge is 0.507 e. The first-order valence-electron chi connectivity index (χ1n) is 16.4. The van der Waals surface area contributed by atoms with Gasteiger partial charge in [-0.2, -0.15) is 0 Å². The summed E-state index contributed by atoms with van der Waals surface area (Å²) in [6.45, 7) is 13.0. The zero-order chi connectivity index (χ0) is 36.8. The third kappa shape index (κ3) is 7.70. The molecule has 52 heavy (non-hydrogen) atoms. The van der Waals surface area contributed by atoms with Crippen molar-refractivity contribution in [2.45, 2.75) is 52.4 Å². The fourth-order valence-corrected chi connectivity index (χ4v) is 6.00. The summed E-state index contributed by atoms with van der Waals surface area (Å²) in [7, 11) is 1.80. The summed E-state index contributed by atoms with van der Waals surface area (Å²) in [5.74, 6) is -6.39. The SMILES string of the molecule is CC(C)(C)c1cc(-c2cc(-c3[c-]c(N(c4ccccn4)c4c(F)c(F)c(F)c(P)c4F)ccc3)nc(-c3ccccc3O)c2)cc(C(C)(C)C)c1.[Pt]. The minimum absolute atomic E-state index is 0. The maximum atomic E-state index is 15.7. The van der Waals surface area contributed by atoms with E-state index in [4.69, 9.17) is 4.98 Å². The van der Waals surface area contributed by atoms with Crippen LogP contribution in [0.5, 0.6) is 5.75 Å². The number of hydrogen-bond donors (Lipinski definition) is 1. The molecule has 1 N–H and O–H groups in total. The molecular weight excluding hydrogens is 865 g/mol. The van der Waals surface area contributed by atoms with Crippen molar-refractivity contribution in [2.75, 3.05) is 4.90 Å². The van der Waals surface area contributed by atoms with Crippen LogP contribution in [0, 0.1) is 29.3 Å². The van der Waals surface area contributed by atoms with E-state index in [1.807, 2.05) is 18.2 Å². The Morgan fingerprint density at radius 2 is 1.29 bits per heavy atom. The first-order valence-corrected chi connectivity index (χ1v) is 16.9. The number of phenols is 1. The molecule has 0 saturated heterocycles. The second kappa shape index (κ2) is 14.9. The van der Waals surface area contributed by atoms with E-state index >= 15 is 8.78 Å². The zero-order valence-electron chi connectivity index (χ0n) is 29.4. The van der Waals surface area contributed by atoms with Crippen LogP contribution in [-0.4, -0.2) is 15.1 Å². The van der Waals surface area contributed by atoms with Crippen molar-refractivity contribution in [1.82, 2.24) is 9.97 Å². The van der Waals surface area contributed by atoms with Gasteiger partial charge in [-0.25, -0.2) is 22.5 Å². The van der Waals surface area contributed by atoms with Crippen LogP contribution in [0.2, 0.25) is 0 Å². The molecule has 0 spiro atoms. The molecule has 4 nitrogen and oxygen atoms in total. The van der Waals surface area contributed by atoms with Gasteiger partial charge in [0.25, 0.3) is 0 Å². The molecule has 6 aromatic rings. The molecule has 0 aliphatic heterocycles. The van der Waals surface area contributed by atoms with E-state index < -0.39 is 34.3 Å². The predicted molar refractivity (Wildman–Crippen MR) is 200 cm³/mol. The fourth-order valence-electron chi connectivity index (χ4n) is 5.74. The topological polar surface area (TPSA) is 49.2 Å².